The van der Waals surface area contributed by atoms with Gasteiger partial charge in [0.1, 0.15) is 0 Å². The van der Waals surface area contributed by atoms with Gasteiger partial charge in [-0.1, -0.05) is 17.7 Å². The first-order valence-corrected chi connectivity index (χ1v) is 14.7. The molecule has 0 heterocycles. The summed E-state index contributed by atoms with van der Waals surface area (Å²) in [4.78, 5) is 37.9. The van der Waals surface area contributed by atoms with Crippen LogP contribution < -0.4 is 39.1 Å². The van der Waals surface area contributed by atoms with Crippen LogP contribution in [0.4, 0.5) is 5.69 Å². The average Bonchev–Trinajstić information content (AvgIpc) is 3.11. The van der Waals surface area contributed by atoms with Gasteiger partial charge in [0.2, 0.25) is 11.5 Å². The van der Waals surface area contributed by atoms with Gasteiger partial charge < -0.3 is 39.1 Å². The summed E-state index contributed by atoms with van der Waals surface area (Å²) in [5, 5.41) is 17.2. The number of benzene rings is 4. The van der Waals surface area contributed by atoms with Crippen molar-refractivity contribution in [1.82, 2.24) is 10.6 Å². The molecule has 4 rings (SSSR count). The number of ether oxygens (including phenoxy) is 6. The predicted octanol–water partition coefficient (Wildman–Crippen LogP) is 5.45. The zero-order valence-electron chi connectivity index (χ0n) is 27.7. The van der Waals surface area contributed by atoms with E-state index in [0.29, 0.717) is 62.3 Å². The number of methoxy groups -OCH3 is 6. The predicted molar refractivity (Wildman–Crippen MR) is 179 cm³/mol. The van der Waals surface area contributed by atoms with Crippen LogP contribution in [0.1, 0.15) is 26.3 Å². The molecule has 0 spiro atoms. The lowest BCUT2D eigenvalue weighted by Crippen LogP contribution is -2.35. The van der Waals surface area contributed by atoms with Crippen molar-refractivity contribution in [3.63, 3.8) is 0 Å². The second-order valence-electron chi connectivity index (χ2n) is 10.4. The summed E-state index contributed by atoms with van der Waals surface area (Å²) in [5.74, 6) is 1.41. The summed E-state index contributed by atoms with van der Waals surface area (Å²) < 4.78 is 32.7. The molecule has 0 saturated heterocycles. The van der Waals surface area contributed by atoms with Crippen molar-refractivity contribution >= 4 is 17.5 Å². The maximum absolute atomic E-state index is 13.4. The van der Waals surface area contributed by atoms with Gasteiger partial charge in [-0.15, -0.1) is 0 Å². The molecule has 0 aliphatic rings. The van der Waals surface area contributed by atoms with Crippen molar-refractivity contribution in [1.29, 1.82) is 0 Å². The van der Waals surface area contributed by atoms with Gasteiger partial charge >= 0.3 is 0 Å². The number of rotatable bonds is 14. The molecule has 48 heavy (non-hydrogen) atoms. The molecular weight excluding hydrogens is 622 g/mol. The van der Waals surface area contributed by atoms with Crippen LogP contribution in [0.2, 0.25) is 0 Å². The van der Waals surface area contributed by atoms with Gasteiger partial charge in [0.05, 0.1) is 53.1 Å². The zero-order chi connectivity index (χ0) is 35.0. The standard InChI is InChI=1S/C35H37N3O10/c1-20-8-10-24(21-15-28(43-2)32(47-6)29(16-21)44-3)26(14-20)34(39)36-12-13-37-35(40)27-19-23(38(41)42)9-11-25(27)22-17-30(45-4)33(48-7)31(18-22)46-5/h8-11,14-19H,12-13H2,1-7H3,(H,36,39)(H,37,40). The van der Waals surface area contributed by atoms with Crippen LogP contribution in [0.3, 0.4) is 0 Å². The van der Waals surface area contributed by atoms with Gasteiger partial charge in [0.25, 0.3) is 17.5 Å². The molecule has 0 saturated carbocycles. The van der Waals surface area contributed by atoms with Gasteiger partial charge in [0.15, 0.2) is 23.0 Å². The van der Waals surface area contributed by atoms with Crippen molar-refractivity contribution in [2.24, 2.45) is 0 Å². The Morgan fingerprint density at radius 2 is 1.00 bits per heavy atom. The summed E-state index contributed by atoms with van der Waals surface area (Å²) in [6.07, 6.45) is 0. The number of carbonyl (C=O) groups excluding carboxylic acids is 2. The second kappa shape index (κ2) is 15.5. The lowest BCUT2D eigenvalue weighted by Gasteiger charge is -2.17. The number of nitro groups is 1. The number of hydrogen-bond acceptors (Lipinski definition) is 10. The molecule has 0 aromatic heterocycles. The van der Waals surface area contributed by atoms with E-state index < -0.39 is 10.8 Å². The minimum absolute atomic E-state index is 0.0350. The number of nitrogens with zero attached hydrogens (tertiary/aromatic N) is 1. The Kier molecular flexibility index (Phi) is 11.3. The van der Waals surface area contributed by atoms with Crippen LogP contribution in [0, 0.1) is 17.0 Å². The molecule has 0 fully saturated rings. The summed E-state index contributed by atoms with van der Waals surface area (Å²) in [7, 11) is 8.93. The van der Waals surface area contributed by atoms with Crippen molar-refractivity contribution in [2.45, 2.75) is 6.92 Å². The van der Waals surface area contributed by atoms with Gasteiger partial charge in [-0.05, 0) is 65.6 Å². The molecule has 4 aromatic carbocycles. The van der Waals surface area contributed by atoms with Gasteiger partial charge in [-0.25, -0.2) is 0 Å². The molecule has 13 nitrogen and oxygen atoms in total. The summed E-state index contributed by atoms with van der Waals surface area (Å²) in [5.41, 5.74) is 3.28. The van der Waals surface area contributed by atoms with Crippen LogP contribution in [0.25, 0.3) is 22.3 Å². The van der Waals surface area contributed by atoms with Gasteiger partial charge in [0, 0.05) is 30.8 Å². The van der Waals surface area contributed by atoms with E-state index in [0.717, 1.165) is 5.56 Å². The Morgan fingerprint density at radius 3 is 1.38 bits per heavy atom. The quantitative estimate of drug-likeness (QED) is 0.101. The number of hydrogen-bond donors (Lipinski definition) is 2. The van der Waals surface area contributed by atoms with E-state index in [-0.39, 0.29) is 30.2 Å². The average molecular weight is 660 g/mol. The van der Waals surface area contributed by atoms with Gasteiger partial charge in [-0.3, -0.25) is 19.7 Å². The molecule has 0 bridgehead atoms. The van der Waals surface area contributed by atoms with Crippen molar-refractivity contribution in [2.75, 3.05) is 55.7 Å². The molecule has 2 amide bonds. The minimum atomic E-state index is -0.580. The molecular formula is C35H37N3O10. The number of non-ortho nitro benzene ring substituents is 1. The Bertz CT molecular complexity index is 1790. The normalized spacial score (nSPS) is 10.5. The Labute approximate surface area is 277 Å². The Hall–Kier alpha value is -5.98. The van der Waals surface area contributed by atoms with E-state index in [1.807, 2.05) is 19.1 Å². The Balaban J connectivity index is 1.56. The third-order valence-electron chi connectivity index (χ3n) is 7.53. The first kappa shape index (κ1) is 34.9. The third-order valence-corrected chi connectivity index (χ3v) is 7.53. The van der Waals surface area contributed by atoms with Crippen molar-refractivity contribution in [3.05, 3.63) is 87.5 Å². The van der Waals surface area contributed by atoms with Crippen LogP contribution in [-0.4, -0.2) is 72.5 Å². The first-order valence-electron chi connectivity index (χ1n) is 14.7. The van der Waals surface area contributed by atoms with Crippen LogP contribution in [0.15, 0.2) is 60.7 Å². The molecule has 4 aromatic rings. The number of aryl methyl sites for hydroxylation is 1. The molecule has 0 radical (unpaired) electrons. The first-order chi connectivity index (χ1) is 23.1. The van der Waals surface area contributed by atoms with Crippen LogP contribution >= 0.6 is 0 Å². The van der Waals surface area contributed by atoms with E-state index in [4.69, 9.17) is 28.4 Å². The largest absolute Gasteiger partial charge is 0.493 e. The monoisotopic (exact) mass is 659 g/mol. The van der Waals surface area contributed by atoms with E-state index >= 15 is 0 Å². The molecule has 13 heteroatoms. The minimum Gasteiger partial charge on any atom is -0.493 e. The van der Waals surface area contributed by atoms with E-state index in [1.54, 1.807) is 30.3 Å². The fourth-order valence-electron chi connectivity index (χ4n) is 5.20. The van der Waals surface area contributed by atoms with E-state index in [1.165, 1.54) is 60.9 Å². The van der Waals surface area contributed by atoms with Crippen molar-refractivity contribution in [3.8, 4) is 56.8 Å². The van der Waals surface area contributed by atoms with Crippen molar-refractivity contribution < 1.29 is 42.9 Å². The molecule has 0 atom stereocenters. The fourth-order valence-corrected chi connectivity index (χ4v) is 5.20. The topological polar surface area (TPSA) is 157 Å². The SMILES string of the molecule is COc1cc(-c2ccc(C)cc2C(=O)NCCNC(=O)c2cc([N+](=O)[O-])ccc2-c2cc(OC)c(OC)c(OC)c2)cc(OC)c1OC. The highest BCUT2D eigenvalue weighted by molar-refractivity contribution is 6.03. The lowest BCUT2D eigenvalue weighted by molar-refractivity contribution is -0.384. The maximum Gasteiger partial charge on any atom is 0.270 e. The number of nitrogens with one attached hydrogen (secondary N) is 2. The van der Waals surface area contributed by atoms with Gasteiger partial charge in [-0.2, -0.15) is 0 Å². The Morgan fingerprint density at radius 1 is 0.604 bits per heavy atom. The smallest absolute Gasteiger partial charge is 0.270 e. The third kappa shape index (κ3) is 7.35. The van der Waals surface area contributed by atoms with Crippen LogP contribution in [-0.2, 0) is 0 Å². The van der Waals surface area contributed by atoms with E-state index in [9.17, 15) is 19.7 Å². The number of carbonyl (C=O) groups is 2. The molecule has 2 N–H and O–H groups in total. The molecule has 0 unspecified atom stereocenters. The number of amides is 2. The highest BCUT2D eigenvalue weighted by Gasteiger charge is 2.22. The summed E-state index contributed by atoms with van der Waals surface area (Å²) in [6.45, 7) is 1.98. The second-order valence-corrected chi connectivity index (χ2v) is 10.4. The lowest BCUT2D eigenvalue weighted by atomic mass is 9.96. The zero-order valence-corrected chi connectivity index (χ0v) is 27.7. The summed E-state index contributed by atoms with van der Waals surface area (Å²) in [6, 6.07) is 16.3. The fraction of sp³-hybridized carbons (Fsp3) is 0.257. The van der Waals surface area contributed by atoms with E-state index in [2.05, 4.69) is 10.6 Å². The van der Waals surface area contributed by atoms with Crippen LogP contribution in [0.5, 0.6) is 34.5 Å². The highest BCUT2D eigenvalue weighted by atomic mass is 16.6. The molecule has 252 valence electrons. The maximum atomic E-state index is 13.4. The molecule has 0 aliphatic heterocycles. The summed E-state index contributed by atoms with van der Waals surface area (Å²) >= 11 is 0. The highest BCUT2D eigenvalue weighted by Crippen LogP contribution is 2.43. The molecule has 0 aliphatic carbocycles. The number of nitro benzene ring substituents is 1.